The van der Waals surface area contributed by atoms with E-state index in [-0.39, 0.29) is 18.3 Å². The Balaban J connectivity index is 0.00000180. The number of carbonyl (C=O) groups is 1. The number of allylic oxidation sites excluding steroid dienone is 1. The number of benzene rings is 1. The van der Waals surface area contributed by atoms with Gasteiger partial charge in [0.15, 0.2) is 5.78 Å². The highest BCUT2D eigenvalue weighted by Gasteiger charge is 2.29. The molecule has 1 fully saturated rings. The van der Waals surface area contributed by atoms with E-state index in [1.54, 1.807) is 0 Å². The number of halogens is 1. The summed E-state index contributed by atoms with van der Waals surface area (Å²) in [7, 11) is 4.05. The lowest BCUT2D eigenvalue weighted by molar-refractivity contribution is -0.118. The summed E-state index contributed by atoms with van der Waals surface area (Å²) in [6, 6.07) is 8.33. The summed E-state index contributed by atoms with van der Waals surface area (Å²) < 4.78 is 0. The fourth-order valence-corrected chi connectivity index (χ4v) is 2.47. The molecule has 1 aromatic carbocycles. The second-order valence-electron chi connectivity index (χ2n) is 5.44. The Morgan fingerprint density at radius 3 is 2.47 bits per heavy atom. The van der Waals surface area contributed by atoms with E-state index in [2.05, 4.69) is 42.2 Å². The Labute approximate surface area is 121 Å². The van der Waals surface area contributed by atoms with Gasteiger partial charge in [-0.2, -0.15) is 0 Å². The molecule has 0 heterocycles. The fraction of sp³-hybridized carbons (Fsp3) is 0.438. The summed E-state index contributed by atoms with van der Waals surface area (Å²) in [6.07, 6.45) is 3.97. The molecule has 19 heavy (non-hydrogen) atoms. The highest BCUT2D eigenvalue weighted by atomic mass is 35.5. The maximum Gasteiger partial charge on any atom is 0.163 e. The minimum Gasteiger partial charge on any atom is -0.309 e. The van der Waals surface area contributed by atoms with Crippen molar-refractivity contribution in [3.63, 3.8) is 0 Å². The largest absolute Gasteiger partial charge is 0.309 e. The van der Waals surface area contributed by atoms with Crippen molar-refractivity contribution in [3.05, 3.63) is 41.0 Å². The molecule has 0 N–H and O–H groups in total. The second-order valence-corrected chi connectivity index (χ2v) is 5.44. The molecule has 0 aliphatic heterocycles. The second kappa shape index (κ2) is 6.88. The van der Waals surface area contributed by atoms with Crippen molar-refractivity contribution in [1.29, 1.82) is 0 Å². The first-order valence-corrected chi connectivity index (χ1v) is 6.52. The van der Waals surface area contributed by atoms with Crippen molar-refractivity contribution in [2.24, 2.45) is 5.92 Å². The lowest BCUT2D eigenvalue weighted by atomic mass is 10.0. The summed E-state index contributed by atoms with van der Waals surface area (Å²) in [5.41, 5.74) is 3.38. The summed E-state index contributed by atoms with van der Waals surface area (Å²) in [6.45, 7) is 2.94. The van der Waals surface area contributed by atoms with Gasteiger partial charge in [-0.05, 0) is 51.1 Å². The molecule has 0 radical (unpaired) electrons. The van der Waals surface area contributed by atoms with Crippen LogP contribution in [0.4, 0.5) is 0 Å². The highest BCUT2D eigenvalue weighted by Crippen LogP contribution is 2.28. The Morgan fingerprint density at radius 2 is 1.89 bits per heavy atom. The van der Waals surface area contributed by atoms with E-state index in [1.807, 2.05) is 14.1 Å². The van der Waals surface area contributed by atoms with Crippen LogP contribution in [0.5, 0.6) is 0 Å². The van der Waals surface area contributed by atoms with Crippen molar-refractivity contribution in [3.8, 4) is 0 Å². The Hall–Kier alpha value is -1.12. The van der Waals surface area contributed by atoms with Crippen LogP contribution in [0.3, 0.4) is 0 Å². The number of hydrogen-bond donors (Lipinski definition) is 0. The van der Waals surface area contributed by atoms with Gasteiger partial charge in [0.25, 0.3) is 0 Å². The maximum absolute atomic E-state index is 12.2. The lowest BCUT2D eigenvalue weighted by Gasteiger charge is -2.13. The molecule has 1 aliphatic carbocycles. The van der Waals surface area contributed by atoms with Crippen LogP contribution >= 0.6 is 12.4 Å². The quantitative estimate of drug-likeness (QED) is 0.791. The number of hydrogen-bond acceptors (Lipinski definition) is 2. The van der Waals surface area contributed by atoms with Gasteiger partial charge in [-0.3, -0.25) is 4.79 Å². The summed E-state index contributed by atoms with van der Waals surface area (Å²) in [5, 5.41) is 0. The van der Waals surface area contributed by atoms with E-state index in [9.17, 15) is 4.79 Å². The standard InChI is InChI=1S/C16H21NO.ClH/c1-12-4-6-13(7-5-12)10-14-8-9-15(16(14)18)11-17(2)3;/h4-7,10,15H,8-9,11H2,1-3H3;1H/b14-10-;. The molecule has 1 aromatic rings. The minimum atomic E-state index is 0. The molecule has 0 saturated heterocycles. The van der Waals surface area contributed by atoms with Crippen molar-refractivity contribution < 1.29 is 4.79 Å². The Morgan fingerprint density at radius 1 is 1.26 bits per heavy atom. The Bertz CT molecular complexity index is 462. The van der Waals surface area contributed by atoms with Crippen LogP contribution in [-0.4, -0.2) is 31.3 Å². The molecule has 3 heteroatoms. The topological polar surface area (TPSA) is 20.3 Å². The highest BCUT2D eigenvalue weighted by molar-refractivity contribution is 6.03. The molecule has 2 nitrogen and oxygen atoms in total. The number of rotatable bonds is 3. The van der Waals surface area contributed by atoms with Crippen LogP contribution in [0.15, 0.2) is 29.8 Å². The average Bonchev–Trinajstić information content (AvgIpc) is 2.64. The number of carbonyl (C=O) groups excluding carboxylic acids is 1. The van der Waals surface area contributed by atoms with Crippen molar-refractivity contribution in [2.75, 3.05) is 20.6 Å². The number of Topliss-reactive ketones (excluding diaryl/α,β-unsaturated/α-hetero) is 1. The van der Waals surface area contributed by atoms with Crippen molar-refractivity contribution in [2.45, 2.75) is 19.8 Å². The monoisotopic (exact) mass is 279 g/mol. The van der Waals surface area contributed by atoms with Crippen LogP contribution in [0, 0.1) is 12.8 Å². The Kier molecular flexibility index (Phi) is 5.77. The van der Waals surface area contributed by atoms with Gasteiger partial charge in [0, 0.05) is 12.5 Å². The normalized spacial score (nSPS) is 20.9. The van der Waals surface area contributed by atoms with Gasteiger partial charge in [-0.15, -0.1) is 12.4 Å². The van der Waals surface area contributed by atoms with Crippen LogP contribution in [0.2, 0.25) is 0 Å². The maximum atomic E-state index is 12.2. The third-order valence-electron chi connectivity index (χ3n) is 3.45. The van der Waals surface area contributed by atoms with Crippen LogP contribution in [0.1, 0.15) is 24.0 Å². The molecule has 1 aliphatic rings. The molecule has 1 saturated carbocycles. The summed E-state index contributed by atoms with van der Waals surface area (Å²) in [5.74, 6) is 0.529. The van der Waals surface area contributed by atoms with Gasteiger partial charge in [0.2, 0.25) is 0 Å². The third-order valence-corrected chi connectivity index (χ3v) is 3.45. The van der Waals surface area contributed by atoms with E-state index in [0.717, 1.165) is 30.5 Å². The van der Waals surface area contributed by atoms with Crippen molar-refractivity contribution >= 4 is 24.3 Å². The SMILES string of the molecule is Cc1ccc(/C=C2/CCC(CN(C)C)C2=O)cc1.Cl. The first-order chi connectivity index (χ1) is 8.56. The van der Waals surface area contributed by atoms with Gasteiger partial charge >= 0.3 is 0 Å². The molecule has 0 aromatic heterocycles. The van der Waals surface area contributed by atoms with E-state index in [0.29, 0.717) is 5.78 Å². The number of aryl methyl sites for hydroxylation is 1. The predicted molar refractivity (Wildman–Crippen MR) is 82.7 cm³/mol. The lowest BCUT2D eigenvalue weighted by Crippen LogP contribution is -2.24. The average molecular weight is 280 g/mol. The molecule has 1 atom stereocenters. The molecule has 1 unspecified atom stereocenters. The zero-order valence-electron chi connectivity index (χ0n) is 11.8. The predicted octanol–water partition coefficient (Wildman–Crippen LogP) is 3.34. The zero-order chi connectivity index (χ0) is 13.1. The van der Waals surface area contributed by atoms with E-state index >= 15 is 0 Å². The first-order valence-electron chi connectivity index (χ1n) is 6.52. The van der Waals surface area contributed by atoms with E-state index < -0.39 is 0 Å². The van der Waals surface area contributed by atoms with Gasteiger partial charge < -0.3 is 4.90 Å². The fourth-order valence-electron chi connectivity index (χ4n) is 2.47. The van der Waals surface area contributed by atoms with Gasteiger partial charge in [-0.1, -0.05) is 29.8 Å². The minimum absolute atomic E-state index is 0. The molecule has 2 rings (SSSR count). The zero-order valence-corrected chi connectivity index (χ0v) is 12.7. The third kappa shape index (κ3) is 4.19. The molecule has 0 bridgehead atoms. The number of nitrogens with zero attached hydrogens (tertiary/aromatic N) is 1. The van der Waals surface area contributed by atoms with Gasteiger partial charge in [0.05, 0.1) is 0 Å². The molecule has 0 amide bonds. The summed E-state index contributed by atoms with van der Waals surface area (Å²) in [4.78, 5) is 14.3. The smallest absolute Gasteiger partial charge is 0.163 e. The number of ketones is 1. The van der Waals surface area contributed by atoms with Crippen LogP contribution in [0.25, 0.3) is 6.08 Å². The van der Waals surface area contributed by atoms with Crippen molar-refractivity contribution in [1.82, 2.24) is 4.90 Å². The molecular formula is C16H22ClNO. The van der Waals surface area contributed by atoms with Gasteiger partial charge in [-0.25, -0.2) is 0 Å². The van der Waals surface area contributed by atoms with Crippen LogP contribution < -0.4 is 0 Å². The van der Waals surface area contributed by atoms with Gasteiger partial charge in [0.1, 0.15) is 0 Å². The van der Waals surface area contributed by atoms with Crippen LogP contribution in [-0.2, 0) is 4.79 Å². The van der Waals surface area contributed by atoms with E-state index in [4.69, 9.17) is 0 Å². The first kappa shape index (κ1) is 15.9. The molecule has 104 valence electrons. The van der Waals surface area contributed by atoms with E-state index in [1.165, 1.54) is 5.56 Å². The molecular weight excluding hydrogens is 258 g/mol. The molecule has 0 spiro atoms. The summed E-state index contributed by atoms with van der Waals surface area (Å²) >= 11 is 0.